The summed E-state index contributed by atoms with van der Waals surface area (Å²) in [5, 5.41) is 3.26. The number of carbonyl (C=O) groups is 1. The molecule has 134 valence electrons. The van der Waals surface area contributed by atoms with Gasteiger partial charge in [0.1, 0.15) is 5.82 Å². The van der Waals surface area contributed by atoms with Crippen molar-refractivity contribution in [1.82, 2.24) is 10.2 Å². The monoisotopic (exact) mass is 375 g/mol. The van der Waals surface area contributed by atoms with Gasteiger partial charge >= 0.3 is 12.1 Å². The van der Waals surface area contributed by atoms with Crippen molar-refractivity contribution in [1.29, 1.82) is 0 Å². The SMILES string of the molecule is O=C(N1C=CC=NC1NC1(c2cc(F)ccc2Cl)CCC1)C(F)(F)F. The summed E-state index contributed by atoms with van der Waals surface area (Å²) in [6, 6.07) is 3.86. The highest BCUT2D eigenvalue weighted by atomic mass is 35.5. The minimum Gasteiger partial charge on any atom is -0.275 e. The number of rotatable bonds is 3. The molecule has 1 aliphatic heterocycles. The number of benzene rings is 1. The number of carbonyl (C=O) groups excluding carboxylic acids is 1. The number of aliphatic imine (C=N–C) groups is 1. The van der Waals surface area contributed by atoms with Crippen molar-refractivity contribution in [2.45, 2.75) is 37.3 Å². The van der Waals surface area contributed by atoms with Crippen LogP contribution in [-0.4, -0.2) is 29.5 Å². The molecule has 1 amide bonds. The maximum absolute atomic E-state index is 13.6. The van der Waals surface area contributed by atoms with Crippen LogP contribution in [0.3, 0.4) is 0 Å². The predicted octanol–water partition coefficient (Wildman–Crippen LogP) is 3.72. The minimum atomic E-state index is -5.03. The minimum absolute atomic E-state index is 0.303. The molecule has 0 bridgehead atoms. The van der Waals surface area contributed by atoms with Crippen molar-refractivity contribution >= 4 is 23.7 Å². The number of halogens is 5. The predicted molar refractivity (Wildman–Crippen MR) is 84.4 cm³/mol. The molecule has 1 aliphatic carbocycles. The molecular weight excluding hydrogens is 362 g/mol. The molecule has 1 unspecified atom stereocenters. The van der Waals surface area contributed by atoms with Gasteiger partial charge in [0.15, 0.2) is 6.29 Å². The summed E-state index contributed by atoms with van der Waals surface area (Å²) in [5.74, 6) is -2.53. The summed E-state index contributed by atoms with van der Waals surface area (Å²) in [7, 11) is 0. The second-order valence-corrected chi connectivity index (χ2v) is 6.33. The van der Waals surface area contributed by atoms with E-state index < -0.39 is 29.7 Å². The Balaban J connectivity index is 1.90. The van der Waals surface area contributed by atoms with Crippen molar-refractivity contribution in [2.75, 3.05) is 0 Å². The molecule has 1 fully saturated rings. The third-order valence-electron chi connectivity index (χ3n) is 4.36. The van der Waals surface area contributed by atoms with E-state index in [0.717, 1.165) is 12.6 Å². The fourth-order valence-electron chi connectivity index (χ4n) is 2.98. The molecule has 1 saturated carbocycles. The van der Waals surface area contributed by atoms with Gasteiger partial charge in [0, 0.05) is 23.0 Å². The van der Waals surface area contributed by atoms with Crippen molar-refractivity contribution in [3.05, 3.63) is 46.9 Å². The van der Waals surface area contributed by atoms with Crippen molar-refractivity contribution < 1.29 is 22.4 Å². The normalized spacial score (nSPS) is 22.0. The topological polar surface area (TPSA) is 44.7 Å². The Hall–Kier alpha value is -1.93. The lowest BCUT2D eigenvalue weighted by Gasteiger charge is -2.47. The lowest BCUT2D eigenvalue weighted by molar-refractivity contribution is -0.185. The van der Waals surface area contributed by atoms with E-state index in [2.05, 4.69) is 10.3 Å². The first kappa shape index (κ1) is 17.9. The number of nitrogens with one attached hydrogen (secondary N) is 1. The van der Waals surface area contributed by atoms with E-state index in [1.807, 2.05) is 0 Å². The number of hydrogen-bond donors (Lipinski definition) is 1. The van der Waals surface area contributed by atoms with Crippen molar-refractivity contribution in [3.63, 3.8) is 0 Å². The van der Waals surface area contributed by atoms with Gasteiger partial charge in [0.2, 0.25) is 0 Å². The van der Waals surface area contributed by atoms with Gasteiger partial charge in [-0.3, -0.25) is 20.0 Å². The second-order valence-electron chi connectivity index (χ2n) is 5.93. The molecule has 0 spiro atoms. The van der Waals surface area contributed by atoms with Gasteiger partial charge in [-0.2, -0.15) is 13.2 Å². The van der Waals surface area contributed by atoms with E-state index in [9.17, 15) is 22.4 Å². The molecule has 1 heterocycles. The average molecular weight is 376 g/mol. The first-order valence-electron chi connectivity index (χ1n) is 7.56. The lowest BCUT2D eigenvalue weighted by Crippen LogP contribution is -2.59. The van der Waals surface area contributed by atoms with Gasteiger partial charge < -0.3 is 0 Å². The molecule has 1 N–H and O–H groups in total. The van der Waals surface area contributed by atoms with Crippen molar-refractivity contribution in [3.8, 4) is 0 Å². The van der Waals surface area contributed by atoms with Crippen LogP contribution in [0.25, 0.3) is 0 Å². The quantitative estimate of drug-likeness (QED) is 0.818. The number of hydrogen-bond acceptors (Lipinski definition) is 3. The number of nitrogens with zero attached hydrogens (tertiary/aromatic N) is 2. The zero-order valence-electron chi connectivity index (χ0n) is 12.9. The average Bonchev–Trinajstić information content (AvgIpc) is 2.52. The highest BCUT2D eigenvalue weighted by Gasteiger charge is 2.48. The van der Waals surface area contributed by atoms with E-state index in [4.69, 9.17) is 11.6 Å². The summed E-state index contributed by atoms with van der Waals surface area (Å²) in [4.78, 5) is 16.0. The first-order chi connectivity index (χ1) is 11.7. The zero-order chi connectivity index (χ0) is 18.2. The third-order valence-corrected chi connectivity index (χ3v) is 4.69. The van der Waals surface area contributed by atoms with E-state index in [-0.39, 0.29) is 0 Å². The number of alkyl halides is 3. The smallest absolute Gasteiger partial charge is 0.275 e. The Morgan fingerprint density at radius 3 is 2.68 bits per heavy atom. The summed E-state index contributed by atoms with van der Waals surface area (Å²) in [6.07, 6.45) is -0.847. The molecule has 1 atom stereocenters. The molecule has 4 nitrogen and oxygen atoms in total. The Bertz CT molecular complexity index is 743. The number of allylic oxidation sites excluding steroid dienone is 1. The second kappa shape index (κ2) is 6.42. The van der Waals surface area contributed by atoms with Gasteiger partial charge in [-0.05, 0) is 49.1 Å². The van der Waals surface area contributed by atoms with E-state index in [1.54, 1.807) is 0 Å². The van der Waals surface area contributed by atoms with E-state index >= 15 is 0 Å². The zero-order valence-corrected chi connectivity index (χ0v) is 13.6. The Labute approximate surface area is 146 Å². The molecular formula is C16H14ClF4N3O. The molecule has 3 rings (SSSR count). The molecule has 1 aromatic rings. The van der Waals surface area contributed by atoms with Crippen LogP contribution in [0.15, 0.2) is 35.5 Å². The molecule has 1 aromatic carbocycles. The molecule has 0 saturated heterocycles. The largest absolute Gasteiger partial charge is 0.471 e. The first-order valence-corrected chi connectivity index (χ1v) is 7.93. The Morgan fingerprint density at radius 2 is 2.08 bits per heavy atom. The van der Waals surface area contributed by atoms with Crippen LogP contribution in [0.5, 0.6) is 0 Å². The van der Waals surface area contributed by atoms with E-state index in [1.165, 1.54) is 30.5 Å². The number of amides is 1. The summed E-state index contributed by atoms with van der Waals surface area (Å²) < 4.78 is 52.0. The van der Waals surface area contributed by atoms with Crippen LogP contribution >= 0.6 is 11.6 Å². The summed E-state index contributed by atoms with van der Waals surface area (Å²) in [6.45, 7) is 0. The highest BCUT2D eigenvalue weighted by molar-refractivity contribution is 6.31. The fraction of sp³-hybridized carbons (Fsp3) is 0.375. The molecule has 9 heteroatoms. The van der Waals surface area contributed by atoms with Crippen molar-refractivity contribution in [2.24, 2.45) is 4.99 Å². The molecule has 25 heavy (non-hydrogen) atoms. The standard InChI is InChI=1S/C16H14ClF4N3O/c17-12-4-3-10(18)9-11(12)15(5-1-6-15)23-14-22-7-2-8-24(14)13(25)16(19,20)21/h2-4,7-9,14,23H,1,5-6H2. The van der Waals surface area contributed by atoms with Gasteiger partial charge in [0.25, 0.3) is 0 Å². The van der Waals surface area contributed by atoms with Crippen LogP contribution in [0, 0.1) is 5.82 Å². The van der Waals surface area contributed by atoms with E-state index in [0.29, 0.717) is 28.3 Å². The lowest BCUT2D eigenvalue weighted by atomic mass is 9.71. The van der Waals surface area contributed by atoms with Gasteiger partial charge in [0.05, 0.1) is 0 Å². The molecule has 0 aromatic heterocycles. The maximum atomic E-state index is 13.6. The maximum Gasteiger partial charge on any atom is 0.471 e. The summed E-state index contributed by atoms with van der Waals surface area (Å²) >= 11 is 6.16. The van der Waals surface area contributed by atoms with Crippen LogP contribution in [-0.2, 0) is 10.3 Å². The van der Waals surface area contributed by atoms with Crippen LogP contribution < -0.4 is 5.32 Å². The Morgan fingerprint density at radius 1 is 1.36 bits per heavy atom. The van der Waals surface area contributed by atoms with Gasteiger partial charge in [-0.1, -0.05) is 11.6 Å². The van der Waals surface area contributed by atoms with Crippen LogP contribution in [0.4, 0.5) is 17.6 Å². The highest BCUT2D eigenvalue weighted by Crippen LogP contribution is 2.45. The van der Waals surface area contributed by atoms with Gasteiger partial charge in [-0.25, -0.2) is 4.39 Å². The Kier molecular flexibility index (Phi) is 4.59. The fourth-order valence-corrected chi connectivity index (χ4v) is 3.28. The van der Waals surface area contributed by atoms with Gasteiger partial charge in [-0.15, -0.1) is 0 Å². The van der Waals surface area contributed by atoms with Crippen LogP contribution in [0.2, 0.25) is 5.02 Å². The summed E-state index contributed by atoms with van der Waals surface area (Å²) in [5.41, 5.74) is -0.388. The molecule has 2 aliphatic rings. The molecule has 0 radical (unpaired) electrons. The third kappa shape index (κ3) is 3.41. The van der Waals surface area contributed by atoms with Crippen LogP contribution in [0.1, 0.15) is 24.8 Å².